The first-order valence-electron chi connectivity index (χ1n) is 7.84. The molecule has 1 unspecified atom stereocenters. The lowest BCUT2D eigenvalue weighted by molar-refractivity contribution is 0.286. The predicted molar refractivity (Wildman–Crippen MR) is 85.0 cm³/mol. The molecule has 1 fully saturated rings. The van der Waals surface area contributed by atoms with Gasteiger partial charge in [-0.05, 0) is 57.4 Å². The fraction of sp³-hybridized carbons (Fsp3) is 0.647. The number of hydrogen-bond donors (Lipinski definition) is 1. The van der Waals surface area contributed by atoms with Gasteiger partial charge in [-0.25, -0.2) is 0 Å². The van der Waals surface area contributed by atoms with Crippen molar-refractivity contribution in [3.05, 3.63) is 24.3 Å². The van der Waals surface area contributed by atoms with Gasteiger partial charge in [-0.1, -0.05) is 19.3 Å². The van der Waals surface area contributed by atoms with Crippen LogP contribution < -0.4 is 10.2 Å². The second-order valence-electron chi connectivity index (χ2n) is 5.80. The van der Waals surface area contributed by atoms with Gasteiger partial charge < -0.3 is 10.2 Å². The number of nitrogens with zero attached hydrogens (tertiary/aromatic N) is 1. The van der Waals surface area contributed by atoms with E-state index in [0.29, 0.717) is 6.04 Å². The van der Waals surface area contributed by atoms with Crippen molar-refractivity contribution in [3.8, 4) is 0 Å². The van der Waals surface area contributed by atoms with E-state index < -0.39 is 0 Å². The van der Waals surface area contributed by atoms with E-state index in [1.807, 2.05) is 0 Å². The highest BCUT2D eigenvalue weighted by Crippen LogP contribution is 2.31. The maximum absolute atomic E-state index is 3.62. The zero-order valence-electron chi connectivity index (χ0n) is 12.7. The zero-order chi connectivity index (χ0) is 13.7. The highest BCUT2D eigenvalue weighted by atomic mass is 15.1. The molecule has 106 valence electrons. The van der Waals surface area contributed by atoms with Crippen LogP contribution in [0.3, 0.4) is 0 Å². The van der Waals surface area contributed by atoms with Crippen LogP contribution in [0.2, 0.25) is 0 Å². The normalized spacial score (nSPS) is 16.8. The van der Waals surface area contributed by atoms with Crippen molar-refractivity contribution in [3.63, 3.8) is 0 Å². The SMILES string of the molecule is CCN(CC)c1ccc(NC(C)CC2CCC2)cc1. The summed E-state index contributed by atoms with van der Waals surface area (Å²) < 4.78 is 0. The van der Waals surface area contributed by atoms with Gasteiger partial charge in [-0.2, -0.15) is 0 Å². The van der Waals surface area contributed by atoms with Crippen molar-refractivity contribution in [2.24, 2.45) is 5.92 Å². The third kappa shape index (κ3) is 3.89. The minimum absolute atomic E-state index is 0.588. The van der Waals surface area contributed by atoms with Crippen LogP contribution in [-0.4, -0.2) is 19.1 Å². The van der Waals surface area contributed by atoms with Gasteiger partial charge in [0, 0.05) is 30.5 Å². The van der Waals surface area contributed by atoms with Crippen LogP contribution in [0.15, 0.2) is 24.3 Å². The number of rotatable bonds is 7. The molecule has 1 aliphatic carbocycles. The molecule has 0 spiro atoms. The fourth-order valence-corrected chi connectivity index (χ4v) is 2.93. The summed E-state index contributed by atoms with van der Waals surface area (Å²) in [4.78, 5) is 2.38. The van der Waals surface area contributed by atoms with E-state index in [2.05, 4.69) is 55.3 Å². The Morgan fingerprint density at radius 1 is 1.16 bits per heavy atom. The lowest BCUT2D eigenvalue weighted by Gasteiger charge is -2.29. The van der Waals surface area contributed by atoms with E-state index in [1.165, 1.54) is 37.1 Å². The van der Waals surface area contributed by atoms with E-state index in [1.54, 1.807) is 0 Å². The van der Waals surface area contributed by atoms with Crippen LogP contribution in [0.25, 0.3) is 0 Å². The first-order valence-corrected chi connectivity index (χ1v) is 7.84. The smallest absolute Gasteiger partial charge is 0.0367 e. The second-order valence-corrected chi connectivity index (χ2v) is 5.80. The lowest BCUT2D eigenvalue weighted by Crippen LogP contribution is -2.23. The number of nitrogens with one attached hydrogen (secondary N) is 1. The van der Waals surface area contributed by atoms with E-state index >= 15 is 0 Å². The summed E-state index contributed by atoms with van der Waals surface area (Å²) in [5, 5.41) is 3.62. The first-order chi connectivity index (χ1) is 9.22. The van der Waals surface area contributed by atoms with Crippen LogP contribution in [0.1, 0.15) is 46.5 Å². The summed E-state index contributed by atoms with van der Waals surface area (Å²) in [6.45, 7) is 8.85. The van der Waals surface area contributed by atoms with Gasteiger partial charge >= 0.3 is 0 Å². The van der Waals surface area contributed by atoms with E-state index in [-0.39, 0.29) is 0 Å². The van der Waals surface area contributed by atoms with Gasteiger partial charge in [0.15, 0.2) is 0 Å². The largest absolute Gasteiger partial charge is 0.383 e. The fourth-order valence-electron chi connectivity index (χ4n) is 2.93. The van der Waals surface area contributed by atoms with Gasteiger partial charge in [-0.15, -0.1) is 0 Å². The zero-order valence-corrected chi connectivity index (χ0v) is 12.7. The number of anilines is 2. The summed E-state index contributed by atoms with van der Waals surface area (Å²) in [6, 6.07) is 9.47. The van der Waals surface area contributed by atoms with Crippen molar-refractivity contribution >= 4 is 11.4 Å². The Kier molecular flexibility index (Phi) is 5.12. The van der Waals surface area contributed by atoms with Crippen LogP contribution in [0.5, 0.6) is 0 Å². The quantitative estimate of drug-likeness (QED) is 0.775. The van der Waals surface area contributed by atoms with Gasteiger partial charge in [0.2, 0.25) is 0 Å². The maximum Gasteiger partial charge on any atom is 0.0367 e. The summed E-state index contributed by atoms with van der Waals surface area (Å²) in [7, 11) is 0. The van der Waals surface area contributed by atoms with Crippen molar-refractivity contribution in [2.75, 3.05) is 23.3 Å². The molecule has 2 rings (SSSR count). The summed E-state index contributed by atoms with van der Waals surface area (Å²) >= 11 is 0. The molecular formula is C17H28N2. The topological polar surface area (TPSA) is 15.3 Å². The summed E-state index contributed by atoms with van der Waals surface area (Å²) in [6.07, 6.45) is 5.63. The van der Waals surface area contributed by atoms with E-state index in [0.717, 1.165) is 19.0 Å². The predicted octanol–water partition coefficient (Wildman–Crippen LogP) is 4.52. The highest BCUT2D eigenvalue weighted by Gasteiger charge is 2.19. The molecule has 2 heteroatoms. The van der Waals surface area contributed by atoms with Crippen molar-refractivity contribution in [2.45, 2.75) is 52.5 Å². The molecule has 0 bridgehead atoms. The van der Waals surface area contributed by atoms with E-state index in [9.17, 15) is 0 Å². The van der Waals surface area contributed by atoms with Gasteiger partial charge in [0.05, 0.1) is 0 Å². The number of hydrogen-bond acceptors (Lipinski definition) is 2. The molecule has 2 nitrogen and oxygen atoms in total. The average molecular weight is 260 g/mol. The summed E-state index contributed by atoms with van der Waals surface area (Å²) in [5.41, 5.74) is 2.57. The van der Waals surface area contributed by atoms with Crippen molar-refractivity contribution in [1.29, 1.82) is 0 Å². The molecule has 0 heterocycles. The third-order valence-electron chi connectivity index (χ3n) is 4.32. The molecule has 0 radical (unpaired) electrons. The molecule has 1 aromatic carbocycles. The molecule has 1 aliphatic rings. The van der Waals surface area contributed by atoms with E-state index in [4.69, 9.17) is 0 Å². The van der Waals surface area contributed by atoms with Gasteiger partial charge in [0.25, 0.3) is 0 Å². The maximum atomic E-state index is 3.62. The third-order valence-corrected chi connectivity index (χ3v) is 4.32. The Labute approximate surface area is 118 Å². The molecular weight excluding hydrogens is 232 g/mol. The Morgan fingerprint density at radius 2 is 1.79 bits per heavy atom. The standard InChI is InChI=1S/C17H28N2/c1-4-19(5-2)17-11-9-16(10-12-17)18-14(3)13-15-7-6-8-15/h9-12,14-15,18H,4-8,13H2,1-3H3. The van der Waals surface area contributed by atoms with Gasteiger partial charge in [0.1, 0.15) is 0 Å². The Hall–Kier alpha value is -1.18. The molecule has 0 aliphatic heterocycles. The Balaban J connectivity index is 1.86. The number of benzene rings is 1. The van der Waals surface area contributed by atoms with Crippen LogP contribution >= 0.6 is 0 Å². The Morgan fingerprint density at radius 3 is 2.26 bits per heavy atom. The van der Waals surface area contributed by atoms with Crippen molar-refractivity contribution in [1.82, 2.24) is 0 Å². The molecule has 1 saturated carbocycles. The molecule has 1 N–H and O–H groups in total. The van der Waals surface area contributed by atoms with Gasteiger partial charge in [-0.3, -0.25) is 0 Å². The van der Waals surface area contributed by atoms with Crippen LogP contribution in [-0.2, 0) is 0 Å². The molecule has 19 heavy (non-hydrogen) atoms. The molecule has 0 aromatic heterocycles. The molecule has 0 amide bonds. The van der Waals surface area contributed by atoms with Crippen molar-refractivity contribution < 1.29 is 0 Å². The second kappa shape index (κ2) is 6.83. The lowest BCUT2D eigenvalue weighted by atomic mass is 9.81. The molecule has 1 aromatic rings. The minimum Gasteiger partial charge on any atom is -0.383 e. The first kappa shape index (κ1) is 14.2. The monoisotopic (exact) mass is 260 g/mol. The molecule has 0 saturated heterocycles. The van der Waals surface area contributed by atoms with Crippen LogP contribution in [0.4, 0.5) is 11.4 Å². The minimum atomic E-state index is 0.588. The molecule has 1 atom stereocenters. The van der Waals surface area contributed by atoms with Crippen LogP contribution in [0, 0.1) is 5.92 Å². The highest BCUT2D eigenvalue weighted by molar-refractivity contribution is 5.55. The Bertz CT molecular complexity index is 363. The average Bonchev–Trinajstić information content (AvgIpc) is 2.37. The summed E-state index contributed by atoms with van der Waals surface area (Å²) in [5.74, 6) is 0.970.